The first kappa shape index (κ1) is 16.9. The SMILES string of the molecule is CN[C@@H](CCOc1cccc(-c2ccnc(N)n2)c1)c1ccccc1. The van der Waals surface area contributed by atoms with E-state index in [0.29, 0.717) is 6.61 Å². The van der Waals surface area contributed by atoms with Crippen molar-refractivity contribution < 1.29 is 4.74 Å². The molecule has 1 heterocycles. The number of nitrogens with zero attached hydrogens (tertiary/aromatic N) is 2. The Labute approximate surface area is 147 Å². The number of anilines is 1. The summed E-state index contributed by atoms with van der Waals surface area (Å²) in [5.74, 6) is 1.08. The third-order valence-electron chi connectivity index (χ3n) is 4.03. The highest BCUT2D eigenvalue weighted by Gasteiger charge is 2.09. The standard InChI is InChI=1S/C20H22N4O/c1-22-18(15-6-3-2-4-7-15)11-13-25-17-9-5-8-16(14-17)19-10-12-23-20(21)24-19/h2-10,12,14,18,22H,11,13H2,1H3,(H2,21,23,24)/t18-/m0/s1. The molecule has 0 bridgehead atoms. The van der Waals surface area contributed by atoms with Crippen LogP contribution in [0.2, 0.25) is 0 Å². The molecule has 3 aromatic rings. The second-order valence-electron chi connectivity index (χ2n) is 5.72. The zero-order chi connectivity index (χ0) is 17.5. The summed E-state index contributed by atoms with van der Waals surface area (Å²) in [7, 11) is 1.97. The molecule has 0 aliphatic rings. The molecule has 0 amide bonds. The van der Waals surface area contributed by atoms with Gasteiger partial charge in [-0.15, -0.1) is 0 Å². The number of rotatable bonds is 7. The van der Waals surface area contributed by atoms with Crippen LogP contribution in [0.5, 0.6) is 5.75 Å². The van der Waals surface area contributed by atoms with E-state index in [2.05, 4.69) is 39.6 Å². The number of benzene rings is 2. The van der Waals surface area contributed by atoms with E-state index in [4.69, 9.17) is 10.5 Å². The fourth-order valence-electron chi connectivity index (χ4n) is 2.74. The van der Waals surface area contributed by atoms with E-state index in [9.17, 15) is 0 Å². The van der Waals surface area contributed by atoms with Crippen molar-refractivity contribution in [1.82, 2.24) is 15.3 Å². The first-order valence-corrected chi connectivity index (χ1v) is 8.30. The first-order chi connectivity index (χ1) is 12.3. The Morgan fingerprint density at radius 3 is 2.68 bits per heavy atom. The summed E-state index contributed by atoms with van der Waals surface area (Å²) >= 11 is 0. The summed E-state index contributed by atoms with van der Waals surface area (Å²) in [4.78, 5) is 8.17. The summed E-state index contributed by atoms with van der Waals surface area (Å²) in [6.45, 7) is 0.621. The van der Waals surface area contributed by atoms with Crippen molar-refractivity contribution in [2.24, 2.45) is 0 Å². The molecule has 25 heavy (non-hydrogen) atoms. The third-order valence-corrected chi connectivity index (χ3v) is 4.03. The van der Waals surface area contributed by atoms with E-state index >= 15 is 0 Å². The van der Waals surface area contributed by atoms with E-state index in [1.807, 2.05) is 43.4 Å². The highest BCUT2D eigenvalue weighted by atomic mass is 16.5. The van der Waals surface area contributed by atoms with Crippen LogP contribution in [-0.2, 0) is 0 Å². The van der Waals surface area contributed by atoms with E-state index < -0.39 is 0 Å². The minimum atomic E-state index is 0.267. The highest BCUT2D eigenvalue weighted by molar-refractivity contribution is 5.61. The van der Waals surface area contributed by atoms with E-state index in [-0.39, 0.29) is 12.0 Å². The van der Waals surface area contributed by atoms with Gasteiger partial charge in [0.25, 0.3) is 0 Å². The van der Waals surface area contributed by atoms with Gasteiger partial charge in [0.05, 0.1) is 12.3 Å². The molecule has 0 spiro atoms. The van der Waals surface area contributed by atoms with Crippen LogP contribution in [-0.4, -0.2) is 23.6 Å². The minimum absolute atomic E-state index is 0.267. The van der Waals surface area contributed by atoms with E-state index in [1.165, 1.54) is 5.56 Å². The summed E-state index contributed by atoms with van der Waals surface area (Å²) in [5.41, 5.74) is 8.67. The normalized spacial score (nSPS) is 11.9. The van der Waals surface area contributed by atoms with Crippen molar-refractivity contribution in [3.63, 3.8) is 0 Å². The summed E-state index contributed by atoms with van der Waals surface area (Å²) in [6.07, 6.45) is 2.54. The van der Waals surface area contributed by atoms with Crippen LogP contribution in [0.15, 0.2) is 66.9 Å². The molecule has 5 nitrogen and oxygen atoms in total. The maximum atomic E-state index is 5.94. The molecule has 0 aliphatic carbocycles. The molecule has 128 valence electrons. The molecule has 0 unspecified atom stereocenters. The quantitative estimate of drug-likeness (QED) is 0.692. The third kappa shape index (κ3) is 4.55. The number of hydrogen-bond acceptors (Lipinski definition) is 5. The maximum absolute atomic E-state index is 5.94. The van der Waals surface area contributed by atoms with Gasteiger partial charge in [0.15, 0.2) is 0 Å². The van der Waals surface area contributed by atoms with Crippen LogP contribution < -0.4 is 15.8 Å². The largest absolute Gasteiger partial charge is 0.494 e. The summed E-state index contributed by atoms with van der Waals surface area (Å²) in [6, 6.07) is 20.3. The van der Waals surface area contributed by atoms with Crippen LogP contribution in [0.3, 0.4) is 0 Å². The van der Waals surface area contributed by atoms with Gasteiger partial charge in [0, 0.05) is 24.2 Å². The Balaban J connectivity index is 1.63. The zero-order valence-electron chi connectivity index (χ0n) is 14.2. The lowest BCUT2D eigenvalue weighted by atomic mass is 10.0. The van der Waals surface area contributed by atoms with E-state index in [1.54, 1.807) is 6.20 Å². The molecule has 1 atom stereocenters. The van der Waals surface area contributed by atoms with Crippen molar-refractivity contribution >= 4 is 5.95 Å². The van der Waals surface area contributed by atoms with Crippen molar-refractivity contribution in [3.8, 4) is 17.0 Å². The predicted molar refractivity (Wildman–Crippen MR) is 100 cm³/mol. The van der Waals surface area contributed by atoms with Gasteiger partial charge in [-0.1, -0.05) is 42.5 Å². The number of hydrogen-bond donors (Lipinski definition) is 2. The van der Waals surface area contributed by atoms with Gasteiger partial charge in [-0.05, 0) is 30.8 Å². The number of ether oxygens (including phenoxy) is 1. The topological polar surface area (TPSA) is 73.1 Å². The van der Waals surface area contributed by atoms with Gasteiger partial charge >= 0.3 is 0 Å². The number of nitrogens with two attached hydrogens (primary N) is 1. The number of nitrogen functional groups attached to an aromatic ring is 1. The average Bonchev–Trinajstić information content (AvgIpc) is 2.66. The highest BCUT2D eigenvalue weighted by Crippen LogP contribution is 2.23. The molecule has 0 saturated heterocycles. The Morgan fingerprint density at radius 1 is 1.08 bits per heavy atom. The Hall–Kier alpha value is -2.92. The monoisotopic (exact) mass is 334 g/mol. The van der Waals surface area contributed by atoms with Crippen molar-refractivity contribution in [1.29, 1.82) is 0 Å². The predicted octanol–water partition coefficient (Wildman–Crippen LogP) is 3.46. The molecule has 1 aromatic heterocycles. The van der Waals surface area contributed by atoms with Gasteiger partial charge in [-0.2, -0.15) is 0 Å². The Morgan fingerprint density at radius 2 is 1.92 bits per heavy atom. The minimum Gasteiger partial charge on any atom is -0.494 e. The molecule has 3 rings (SSSR count). The Kier molecular flexibility index (Phi) is 5.59. The van der Waals surface area contributed by atoms with Gasteiger partial charge in [0.1, 0.15) is 5.75 Å². The molecule has 3 N–H and O–H groups in total. The fourth-order valence-corrected chi connectivity index (χ4v) is 2.74. The van der Waals surface area contributed by atoms with Gasteiger partial charge in [-0.3, -0.25) is 0 Å². The molecule has 0 radical (unpaired) electrons. The maximum Gasteiger partial charge on any atom is 0.220 e. The lowest BCUT2D eigenvalue weighted by Crippen LogP contribution is -2.19. The molecule has 2 aromatic carbocycles. The van der Waals surface area contributed by atoms with E-state index in [0.717, 1.165) is 23.4 Å². The van der Waals surface area contributed by atoms with Crippen molar-refractivity contribution in [2.45, 2.75) is 12.5 Å². The smallest absolute Gasteiger partial charge is 0.220 e. The van der Waals surface area contributed by atoms with Crippen molar-refractivity contribution in [2.75, 3.05) is 19.4 Å². The molecule has 5 heteroatoms. The second kappa shape index (κ2) is 8.26. The molecule has 0 aliphatic heterocycles. The lowest BCUT2D eigenvalue weighted by Gasteiger charge is -2.17. The number of aromatic nitrogens is 2. The first-order valence-electron chi connectivity index (χ1n) is 8.30. The van der Waals surface area contributed by atoms with Crippen LogP contribution in [0.25, 0.3) is 11.3 Å². The zero-order valence-corrected chi connectivity index (χ0v) is 14.2. The molecular formula is C20H22N4O. The fraction of sp³-hybridized carbons (Fsp3) is 0.200. The molecule has 0 fully saturated rings. The van der Waals surface area contributed by atoms with Crippen LogP contribution in [0, 0.1) is 0 Å². The lowest BCUT2D eigenvalue weighted by molar-refractivity contribution is 0.290. The Bertz CT molecular complexity index is 808. The number of nitrogens with one attached hydrogen (secondary N) is 1. The average molecular weight is 334 g/mol. The van der Waals surface area contributed by atoms with Crippen LogP contribution in [0.4, 0.5) is 5.95 Å². The van der Waals surface area contributed by atoms with Crippen LogP contribution in [0.1, 0.15) is 18.0 Å². The summed E-state index contributed by atoms with van der Waals surface area (Å²) in [5, 5.41) is 3.34. The molecule has 0 saturated carbocycles. The van der Waals surface area contributed by atoms with Crippen molar-refractivity contribution in [3.05, 3.63) is 72.4 Å². The van der Waals surface area contributed by atoms with Gasteiger partial charge < -0.3 is 15.8 Å². The summed E-state index contributed by atoms with van der Waals surface area (Å²) < 4.78 is 5.94. The van der Waals surface area contributed by atoms with Crippen LogP contribution >= 0.6 is 0 Å². The second-order valence-corrected chi connectivity index (χ2v) is 5.72. The van der Waals surface area contributed by atoms with Gasteiger partial charge in [-0.25, -0.2) is 9.97 Å². The van der Waals surface area contributed by atoms with Gasteiger partial charge in [0.2, 0.25) is 5.95 Å². The molecular weight excluding hydrogens is 312 g/mol.